The van der Waals surface area contributed by atoms with Crippen LogP contribution in [0.5, 0.6) is 0 Å². The fourth-order valence-electron chi connectivity index (χ4n) is 3.69. The highest BCUT2D eigenvalue weighted by atomic mass is 16.6. The number of carbonyl (C=O) groups excluding carboxylic acids is 1. The molecule has 2 aliphatic heterocycles. The monoisotopic (exact) mass is 316 g/mol. The van der Waals surface area contributed by atoms with E-state index < -0.39 is 0 Å². The molecule has 3 unspecified atom stereocenters. The first-order valence-electron chi connectivity index (χ1n) is 8.80. The quantitative estimate of drug-likeness (QED) is 0.371. The number of hydrogen-bond donors (Lipinski definition) is 0. The Labute approximate surface area is 139 Å². The van der Waals surface area contributed by atoms with Crippen LogP contribution in [0, 0.1) is 0 Å². The Bertz CT molecular complexity index is 596. The third kappa shape index (κ3) is 3.60. The van der Waals surface area contributed by atoms with E-state index in [1.807, 2.05) is 6.92 Å². The van der Waals surface area contributed by atoms with Crippen LogP contribution in [0.1, 0.15) is 66.2 Å². The van der Waals surface area contributed by atoms with E-state index in [1.54, 1.807) is 0 Å². The molecule has 3 rings (SSSR count). The normalized spacial score (nSPS) is 35.6. The van der Waals surface area contributed by atoms with E-state index in [9.17, 15) is 4.79 Å². The van der Waals surface area contributed by atoms with Gasteiger partial charge in [0, 0.05) is 12.0 Å². The number of fused-ring (bicyclic) bond motifs is 2. The summed E-state index contributed by atoms with van der Waals surface area (Å²) in [5.41, 5.74) is 4.63. The van der Waals surface area contributed by atoms with E-state index in [0.717, 1.165) is 49.7 Å². The minimum absolute atomic E-state index is 0.0386. The molecule has 2 heterocycles. The average Bonchev–Trinajstić information content (AvgIpc) is 3.04. The van der Waals surface area contributed by atoms with Gasteiger partial charge in [0.25, 0.3) is 0 Å². The van der Waals surface area contributed by atoms with Gasteiger partial charge in [-0.05, 0) is 71.4 Å². The number of allylic oxidation sites excluding steroid dienone is 3. The number of ether oxygens (including phenoxy) is 2. The molecule has 0 N–H and O–H groups in total. The highest BCUT2D eigenvalue weighted by Crippen LogP contribution is 2.46. The number of carbonyl (C=O) groups is 1. The highest BCUT2D eigenvalue weighted by Gasteiger charge is 2.52. The minimum atomic E-state index is -0.185. The summed E-state index contributed by atoms with van der Waals surface area (Å²) in [6.07, 6.45) is 10.8. The molecule has 0 aromatic carbocycles. The molecule has 3 atom stereocenters. The van der Waals surface area contributed by atoms with Crippen LogP contribution in [-0.2, 0) is 14.3 Å². The largest absolute Gasteiger partial charge is 0.450 e. The van der Waals surface area contributed by atoms with Crippen molar-refractivity contribution in [2.75, 3.05) is 0 Å². The molecule has 3 aliphatic rings. The zero-order valence-corrected chi connectivity index (χ0v) is 14.8. The van der Waals surface area contributed by atoms with Crippen LogP contribution in [0.3, 0.4) is 0 Å². The van der Waals surface area contributed by atoms with Crippen LogP contribution in [0.4, 0.5) is 0 Å². The van der Waals surface area contributed by atoms with E-state index in [2.05, 4.69) is 32.9 Å². The molecular formula is C20H28O3. The molecule has 0 saturated carbocycles. The standard InChI is InChI=1S/C20H28O3/c1-13-7-5-8-14(2)11-17-16(15(3)19(21)22-17)12-18-20(4,23-18)10-6-9-13/h9,11,17-18H,5-8,10,12H2,1-4H3. The first-order valence-corrected chi connectivity index (χ1v) is 8.80. The third-order valence-electron chi connectivity index (χ3n) is 5.52. The Hall–Kier alpha value is -1.35. The van der Waals surface area contributed by atoms with Gasteiger partial charge in [-0.3, -0.25) is 0 Å². The maximum atomic E-state index is 12.0. The maximum Gasteiger partial charge on any atom is 0.334 e. The van der Waals surface area contributed by atoms with Gasteiger partial charge < -0.3 is 9.47 Å². The van der Waals surface area contributed by atoms with Crippen LogP contribution in [0.15, 0.2) is 34.4 Å². The van der Waals surface area contributed by atoms with Crippen molar-refractivity contribution in [3.63, 3.8) is 0 Å². The predicted molar refractivity (Wildman–Crippen MR) is 91.1 cm³/mol. The van der Waals surface area contributed by atoms with Crippen LogP contribution in [0.2, 0.25) is 0 Å². The number of rotatable bonds is 0. The van der Waals surface area contributed by atoms with Gasteiger partial charge in [0.1, 0.15) is 6.10 Å². The molecule has 23 heavy (non-hydrogen) atoms. The minimum Gasteiger partial charge on any atom is -0.450 e. The Morgan fingerprint density at radius 1 is 1.17 bits per heavy atom. The molecular weight excluding hydrogens is 288 g/mol. The second kappa shape index (κ2) is 6.27. The van der Waals surface area contributed by atoms with Gasteiger partial charge in [-0.1, -0.05) is 17.2 Å². The molecule has 3 heteroatoms. The number of hydrogen-bond acceptors (Lipinski definition) is 3. The zero-order chi connectivity index (χ0) is 16.6. The molecule has 126 valence electrons. The fourth-order valence-corrected chi connectivity index (χ4v) is 3.69. The lowest BCUT2D eigenvalue weighted by molar-refractivity contribution is -0.138. The maximum absolute atomic E-state index is 12.0. The smallest absolute Gasteiger partial charge is 0.334 e. The molecule has 1 saturated heterocycles. The van der Waals surface area contributed by atoms with Crippen molar-refractivity contribution >= 4 is 5.97 Å². The van der Waals surface area contributed by atoms with Gasteiger partial charge in [0.05, 0.1) is 11.7 Å². The summed E-state index contributed by atoms with van der Waals surface area (Å²) in [6.45, 7) is 8.44. The van der Waals surface area contributed by atoms with Crippen molar-refractivity contribution in [3.8, 4) is 0 Å². The molecule has 0 radical (unpaired) electrons. The van der Waals surface area contributed by atoms with Crippen molar-refractivity contribution in [3.05, 3.63) is 34.4 Å². The summed E-state index contributed by atoms with van der Waals surface area (Å²) in [5, 5.41) is 0. The van der Waals surface area contributed by atoms with Crippen molar-refractivity contribution in [2.45, 2.75) is 84.0 Å². The van der Waals surface area contributed by atoms with Gasteiger partial charge in [-0.15, -0.1) is 0 Å². The SMILES string of the molecule is CC1=CCCC2(C)OC2CC2=C(C)C(=O)OC2C=C(C)CCC1. The summed E-state index contributed by atoms with van der Waals surface area (Å²) in [7, 11) is 0. The van der Waals surface area contributed by atoms with Crippen LogP contribution >= 0.6 is 0 Å². The second-order valence-electron chi connectivity index (χ2n) is 7.56. The molecule has 0 aromatic rings. The van der Waals surface area contributed by atoms with Gasteiger partial charge in [-0.25, -0.2) is 4.79 Å². The average molecular weight is 316 g/mol. The first-order chi connectivity index (χ1) is 10.9. The van der Waals surface area contributed by atoms with E-state index in [4.69, 9.17) is 9.47 Å². The van der Waals surface area contributed by atoms with Gasteiger partial charge in [-0.2, -0.15) is 0 Å². The van der Waals surface area contributed by atoms with Crippen molar-refractivity contribution in [1.29, 1.82) is 0 Å². The second-order valence-corrected chi connectivity index (χ2v) is 7.56. The van der Waals surface area contributed by atoms with Gasteiger partial charge in [0.2, 0.25) is 0 Å². The van der Waals surface area contributed by atoms with Crippen LogP contribution in [0.25, 0.3) is 0 Å². The third-order valence-corrected chi connectivity index (χ3v) is 5.52. The lowest BCUT2D eigenvalue weighted by Gasteiger charge is -2.13. The molecule has 3 nitrogen and oxygen atoms in total. The number of epoxide rings is 1. The molecule has 0 amide bonds. The van der Waals surface area contributed by atoms with E-state index in [-0.39, 0.29) is 23.8 Å². The lowest BCUT2D eigenvalue weighted by atomic mass is 9.91. The molecule has 1 aliphatic carbocycles. The molecule has 1 fully saturated rings. The lowest BCUT2D eigenvalue weighted by Crippen LogP contribution is -2.14. The van der Waals surface area contributed by atoms with Crippen molar-refractivity contribution < 1.29 is 14.3 Å². The Morgan fingerprint density at radius 3 is 2.70 bits per heavy atom. The van der Waals surface area contributed by atoms with Crippen molar-refractivity contribution in [2.24, 2.45) is 0 Å². The summed E-state index contributed by atoms with van der Waals surface area (Å²) in [6, 6.07) is 0. The Morgan fingerprint density at radius 2 is 1.91 bits per heavy atom. The molecule has 0 aromatic heterocycles. The molecule has 0 bridgehead atoms. The summed E-state index contributed by atoms with van der Waals surface area (Å²) in [5.74, 6) is -0.168. The number of esters is 1. The topological polar surface area (TPSA) is 38.8 Å². The first kappa shape index (κ1) is 16.5. The Kier molecular flexibility index (Phi) is 4.50. The fraction of sp³-hybridized carbons (Fsp3) is 0.650. The summed E-state index contributed by atoms with van der Waals surface area (Å²) < 4.78 is 11.6. The van der Waals surface area contributed by atoms with Crippen LogP contribution in [-0.4, -0.2) is 23.8 Å². The van der Waals surface area contributed by atoms with Gasteiger partial charge >= 0.3 is 5.97 Å². The van der Waals surface area contributed by atoms with E-state index in [0.29, 0.717) is 0 Å². The van der Waals surface area contributed by atoms with Crippen LogP contribution < -0.4 is 0 Å². The Balaban J connectivity index is 1.83. The van der Waals surface area contributed by atoms with Gasteiger partial charge in [0.15, 0.2) is 0 Å². The zero-order valence-electron chi connectivity index (χ0n) is 14.8. The molecule has 0 spiro atoms. The predicted octanol–water partition coefficient (Wildman–Crippen LogP) is 4.63. The summed E-state index contributed by atoms with van der Waals surface area (Å²) >= 11 is 0. The summed E-state index contributed by atoms with van der Waals surface area (Å²) in [4.78, 5) is 12.0. The van der Waals surface area contributed by atoms with E-state index >= 15 is 0 Å². The highest BCUT2D eigenvalue weighted by molar-refractivity contribution is 5.92. The van der Waals surface area contributed by atoms with E-state index in [1.165, 1.54) is 11.1 Å². The van der Waals surface area contributed by atoms with Crippen molar-refractivity contribution in [1.82, 2.24) is 0 Å².